The predicted octanol–water partition coefficient (Wildman–Crippen LogP) is 4.54. The number of rotatable bonds is 3. The molecular formula is C18H27BO2. The Balaban J connectivity index is 2.50. The average Bonchev–Trinajstić information content (AvgIpc) is 2.67. The molecule has 21 heavy (non-hydrogen) atoms. The topological polar surface area (TPSA) is 18.5 Å². The maximum atomic E-state index is 6.34. The fraction of sp³-hybridized carbons (Fsp3) is 0.556. The summed E-state index contributed by atoms with van der Waals surface area (Å²) in [5.41, 5.74) is 1.84. The Bertz CT molecular complexity index is 517. The summed E-state index contributed by atoms with van der Waals surface area (Å²) >= 11 is 0. The Kier molecular flexibility index (Phi) is 4.11. The van der Waals surface area contributed by atoms with Gasteiger partial charge in [-0.25, -0.2) is 0 Å². The fourth-order valence-electron chi connectivity index (χ4n) is 2.71. The standard InChI is InChI=1S/C18H27BO2/c1-8-14(2)18(7,15-12-10-9-11-13-15)19-20-16(3,4)17(5,6)21-19/h8-13H,1-7H3/b14-8+/t18-/m1/s1. The third-order valence-corrected chi connectivity index (χ3v) is 5.35. The molecule has 0 bridgehead atoms. The molecule has 0 saturated carbocycles. The summed E-state index contributed by atoms with van der Waals surface area (Å²) < 4.78 is 12.7. The Morgan fingerprint density at radius 3 is 1.95 bits per heavy atom. The number of hydrogen-bond acceptors (Lipinski definition) is 2. The van der Waals surface area contributed by atoms with Gasteiger partial charge in [0.2, 0.25) is 0 Å². The van der Waals surface area contributed by atoms with Crippen molar-refractivity contribution in [2.75, 3.05) is 0 Å². The van der Waals surface area contributed by atoms with Crippen LogP contribution in [-0.4, -0.2) is 18.3 Å². The molecule has 1 aromatic rings. The van der Waals surface area contributed by atoms with E-state index in [4.69, 9.17) is 9.31 Å². The molecule has 1 heterocycles. The van der Waals surface area contributed by atoms with Crippen molar-refractivity contribution in [2.24, 2.45) is 0 Å². The van der Waals surface area contributed by atoms with Crippen LogP contribution in [0.5, 0.6) is 0 Å². The van der Waals surface area contributed by atoms with Crippen molar-refractivity contribution in [1.29, 1.82) is 0 Å². The van der Waals surface area contributed by atoms with Crippen LogP contribution in [0.1, 0.15) is 54.0 Å². The summed E-state index contributed by atoms with van der Waals surface area (Å²) in [7, 11) is -0.291. The maximum Gasteiger partial charge on any atom is 0.473 e. The van der Waals surface area contributed by atoms with E-state index in [0.717, 1.165) is 0 Å². The Morgan fingerprint density at radius 1 is 1.05 bits per heavy atom. The fourth-order valence-corrected chi connectivity index (χ4v) is 2.71. The number of allylic oxidation sites excluding steroid dienone is 2. The van der Waals surface area contributed by atoms with E-state index in [9.17, 15) is 0 Å². The summed E-state index contributed by atoms with van der Waals surface area (Å²) in [6.45, 7) is 14.8. The molecule has 114 valence electrons. The normalized spacial score (nSPS) is 24.0. The van der Waals surface area contributed by atoms with Crippen LogP contribution in [0.4, 0.5) is 0 Å². The van der Waals surface area contributed by atoms with Gasteiger partial charge in [0.25, 0.3) is 0 Å². The van der Waals surface area contributed by atoms with Gasteiger partial charge in [-0.2, -0.15) is 0 Å². The molecule has 0 aliphatic carbocycles. The molecule has 1 aliphatic rings. The van der Waals surface area contributed by atoms with Crippen LogP contribution in [0.3, 0.4) is 0 Å². The Hall–Kier alpha value is -1.06. The summed E-state index contributed by atoms with van der Waals surface area (Å²) in [5, 5.41) is -0.291. The van der Waals surface area contributed by atoms with Crippen molar-refractivity contribution < 1.29 is 9.31 Å². The number of hydrogen-bond donors (Lipinski definition) is 0. The van der Waals surface area contributed by atoms with Crippen LogP contribution in [-0.2, 0) is 14.6 Å². The van der Waals surface area contributed by atoms with Gasteiger partial charge < -0.3 is 9.31 Å². The predicted molar refractivity (Wildman–Crippen MR) is 89.3 cm³/mol. The van der Waals surface area contributed by atoms with Crippen molar-refractivity contribution >= 4 is 7.12 Å². The van der Waals surface area contributed by atoms with Gasteiger partial charge >= 0.3 is 7.12 Å². The third kappa shape index (κ3) is 2.58. The molecule has 0 aromatic heterocycles. The summed E-state index contributed by atoms with van der Waals surface area (Å²) in [6.07, 6.45) is 2.15. The molecule has 2 nitrogen and oxygen atoms in total. The van der Waals surface area contributed by atoms with E-state index in [0.29, 0.717) is 0 Å². The van der Waals surface area contributed by atoms with Crippen molar-refractivity contribution in [3.63, 3.8) is 0 Å². The molecule has 0 radical (unpaired) electrons. The van der Waals surface area contributed by atoms with Crippen LogP contribution >= 0.6 is 0 Å². The van der Waals surface area contributed by atoms with Crippen molar-refractivity contribution in [3.8, 4) is 0 Å². The van der Waals surface area contributed by atoms with E-state index in [1.807, 2.05) is 6.07 Å². The van der Waals surface area contributed by atoms with Crippen LogP contribution in [0.25, 0.3) is 0 Å². The third-order valence-electron chi connectivity index (χ3n) is 5.35. The van der Waals surface area contributed by atoms with E-state index in [1.165, 1.54) is 11.1 Å². The first kappa shape index (κ1) is 16.3. The van der Waals surface area contributed by atoms with Crippen LogP contribution in [0.2, 0.25) is 0 Å². The second-order valence-electron chi connectivity index (χ2n) is 7.13. The van der Waals surface area contributed by atoms with Gasteiger partial charge in [0.05, 0.1) is 11.2 Å². The molecule has 3 heteroatoms. The second kappa shape index (κ2) is 5.29. The van der Waals surface area contributed by atoms with Gasteiger partial charge in [0, 0.05) is 5.31 Å². The SMILES string of the molecule is C/C=C(\C)[C@@](C)(B1OC(C)(C)C(C)(C)O1)c1ccccc1. The van der Waals surface area contributed by atoms with Gasteiger partial charge in [0.15, 0.2) is 0 Å². The minimum absolute atomic E-state index is 0.291. The molecule has 1 atom stereocenters. The Morgan fingerprint density at radius 2 is 1.52 bits per heavy atom. The summed E-state index contributed by atoms with van der Waals surface area (Å²) in [4.78, 5) is 0. The smallest absolute Gasteiger partial charge is 0.402 e. The van der Waals surface area contributed by atoms with Gasteiger partial charge in [-0.1, -0.05) is 48.9 Å². The molecule has 1 saturated heterocycles. The Labute approximate surface area is 129 Å². The molecule has 0 amide bonds. The lowest BCUT2D eigenvalue weighted by Gasteiger charge is -2.33. The highest BCUT2D eigenvalue weighted by atomic mass is 16.7. The maximum absolute atomic E-state index is 6.34. The van der Waals surface area contributed by atoms with Gasteiger partial charge in [-0.05, 0) is 47.1 Å². The number of benzene rings is 1. The zero-order chi connectivity index (χ0) is 15.9. The lowest BCUT2D eigenvalue weighted by molar-refractivity contribution is 0.00578. The van der Waals surface area contributed by atoms with Crippen LogP contribution in [0.15, 0.2) is 42.0 Å². The van der Waals surface area contributed by atoms with Crippen LogP contribution < -0.4 is 0 Å². The minimum atomic E-state index is -0.318. The zero-order valence-electron chi connectivity index (χ0n) is 14.4. The van der Waals surface area contributed by atoms with Gasteiger partial charge in [-0.3, -0.25) is 0 Å². The van der Waals surface area contributed by atoms with E-state index in [-0.39, 0.29) is 23.6 Å². The van der Waals surface area contributed by atoms with E-state index in [1.54, 1.807) is 0 Å². The first-order valence-corrected chi connectivity index (χ1v) is 7.70. The molecule has 0 spiro atoms. The monoisotopic (exact) mass is 286 g/mol. The highest BCUT2D eigenvalue weighted by Gasteiger charge is 2.58. The first-order valence-electron chi connectivity index (χ1n) is 7.70. The average molecular weight is 286 g/mol. The van der Waals surface area contributed by atoms with Gasteiger partial charge in [-0.15, -0.1) is 0 Å². The highest BCUT2D eigenvalue weighted by molar-refractivity contribution is 6.50. The zero-order valence-corrected chi connectivity index (χ0v) is 14.4. The molecular weight excluding hydrogens is 259 g/mol. The van der Waals surface area contributed by atoms with Gasteiger partial charge in [0.1, 0.15) is 0 Å². The van der Waals surface area contributed by atoms with Crippen molar-refractivity contribution in [1.82, 2.24) is 0 Å². The van der Waals surface area contributed by atoms with E-state index in [2.05, 4.69) is 78.8 Å². The van der Waals surface area contributed by atoms with Crippen LogP contribution in [0, 0.1) is 0 Å². The molecule has 0 unspecified atom stereocenters. The summed E-state index contributed by atoms with van der Waals surface area (Å²) in [6, 6.07) is 10.5. The lowest BCUT2D eigenvalue weighted by atomic mass is 9.51. The largest absolute Gasteiger partial charge is 0.473 e. The molecule has 2 rings (SSSR count). The second-order valence-corrected chi connectivity index (χ2v) is 7.13. The molecule has 0 N–H and O–H groups in total. The first-order chi connectivity index (χ1) is 9.65. The molecule has 1 fully saturated rings. The highest BCUT2D eigenvalue weighted by Crippen LogP contribution is 2.45. The van der Waals surface area contributed by atoms with Crippen molar-refractivity contribution in [3.05, 3.63) is 47.5 Å². The van der Waals surface area contributed by atoms with E-state index >= 15 is 0 Å². The minimum Gasteiger partial charge on any atom is -0.402 e. The molecule has 1 aliphatic heterocycles. The lowest BCUT2D eigenvalue weighted by Crippen LogP contribution is -2.44. The quantitative estimate of drug-likeness (QED) is 0.600. The van der Waals surface area contributed by atoms with Crippen molar-refractivity contribution in [2.45, 2.75) is 65.0 Å². The summed E-state index contributed by atoms with van der Waals surface area (Å²) in [5.74, 6) is 0. The molecule has 1 aromatic carbocycles. The van der Waals surface area contributed by atoms with E-state index < -0.39 is 0 Å².